The Kier molecular flexibility index (Phi) is 6.95. The van der Waals surface area contributed by atoms with Crippen molar-refractivity contribution in [2.24, 2.45) is 0 Å². The van der Waals surface area contributed by atoms with Crippen molar-refractivity contribution < 1.29 is 14.3 Å². The Bertz CT molecular complexity index is 127. The van der Waals surface area contributed by atoms with E-state index in [2.05, 4.69) is 5.48 Å². The summed E-state index contributed by atoms with van der Waals surface area (Å²) in [5.74, 6) is 0. The van der Waals surface area contributed by atoms with Crippen LogP contribution >= 0.6 is 0 Å². The molecule has 1 N–H and O–H groups in total. The maximum absolute atomic E-state index is 5.51. The standard InChI is InChI=1S/C10H21NO3/c1-12-8-9-14-11-6-2-4-10-5-3-7-13-10/h10-11H,2-9H2,1H3. The van der Waals surface area contributed by atoms with Crippen molar-refractivity contribution in [2.45, 2.75) is 31.8 Å². The first-order valence-electron chi connectivity index (χ1n) is 5.38. The van der Waals surface area contributed by atoms with Gasteiger partial charge in [-0.25, -0.2) is 5.48 Å². The van der Waals surface area contributed by atoms with E-state index >= 15 is 0 Å². The monoisotopic (exact) mass is 203 g/mol. The number of hydrogen-bond donors (Lipinski definition) is 1. The molecular weight excluding hydrogens is 182 g/mol. The smallest absolute Gasteiger partial charge is 0.0915 e. The van der Waals surface area contributed by atoms with Gasteiger partial charge in [-0.05, 0) is 25.7 Å². The number of methoxy groups -OCH3 is 1. The van der Waals surface area contributed by atoms with Crippen LogP contribution in [0.3, 0.4) is 0 Å². The molecule has 1 atom stereocenters. The number of hydrogen-bond acceptors (Lipinski definition) is 4. The van der Waals surface area contributed by atoms with E-state index in [1.807, 2.05) is 0 Å². The molecule has 1 unspecified atom stereocenters. The Balaban J connectivity index is 1.75. The fourth-order valence-electron chi connectivity index (χ4n) is 1.54. The van der Waals surface area contributed by atoms with E-state index in [4.69, 9.17) is 14.3 Å². The minimum Gasteiger partial charge on any atom is -0.382 e. The largest absolute Gasteiger partial charge is 0.382 e. The highest BCUT2D eigenvalue weighted by atomic mass is 16.7. The molecule has 0 saturated carbocycles. The summed E-state index contributed by atoms with van der Waals surface area (Å²) in [7, 11) is 1.67. The number of nitrogens with one attached hydrogen (secondary N) is 1. The van der Waals surface area contributed by atoms with Crippen molar-refractivity contribution >= 4 is 0 Å². The van der Waals surface area contributed by atoms with Gasteiger partial charge in [-0.1, -0.05) is 0 Å². The van der Waals surface area contributed by atoms with Gasteiger partial charge >= 0.3 is 0 Å². The molecule has 4 nitrogen and oxygen atoms in total. The van der Waals surface area contributed by atoms with E-state index < -0.39 is 0 Å². The molecule has 84 valence electrons. The molecule has 0 bridgehead atoms. The van der Waals surface area contributed by atoms with Crippen LogP contribution in [0.2, 0.25) is 0 Å². The van der Waals surface area contributed by atoms with E-state index in [1.54, 1.807) is 7.11 Å². The minimum atomic E-state index is 0.496. The molecule has 0 aromatic heterocycles. The van der Waals surface area contributed by atoms with Crippen LogP contribution in [0.25, 0.3) is 0 Å². The predicted octanol–water partition coefficient (Wildman–Crippen LogP) is 1.11. The van der Waals surface area contributed by atoms with Crippen LogP contribution in [0, 0.1) is 0 Å². The fourth-order valence-corrected chi connectivity index (χ4v) is 1.54. The van der Waals surface area contributed by atoms with Crippen LogP contribution in [0.5, 0.6) is 0 Å². The van der Waals surface area contributed by atoms with Gasteiger partial charge in [-0.2, -0.15) is 0 Å². The summed E-state index contributed by atoms with van der Waals surface area (Å²) in [5, 5.41) is 0. The van der Waals surface area contributed by atoms with Crippen molar-refractivity contribution in [2.75, 3.05) is 33.5 Å². The van der Waals surface area contributed by atoms with Crippen LogP contribution < -0.4 is 5.48 Å². The highest BCUT2D eigenvalue weighted by Crippen LogP contribution is 2.16. The van der Waals surface area contributed by atoms with Gasteiger partial charge in [0.05, 0.1) is 19.3 Å². The summed E-state index contributed by atoms with van der Waals surface area (Å²) in [6.07, 6.45) is 5.20. The topological polar surface area (TPSA) is 39.7 Å². The summed E-state index contributed by atoms with van der Waals surface area (Å²) >= 11 is 0. The average molecular weight is 203 g/mol. The van der Waals surface area contributed by atoms with Gasteiger partial charge < -0.3 is 9.47 Å². The lowest BCUT2D eigenvalue weighted by atomic mass is 10.1. The summed E-state index contributed by atoms with van der Waals surface area (Å²) in [5.41, 5.74) is 2.91. The van der Waals surface area contributed by atoms with Crippen LogP contribution in [0.1, 0.15) is 25.7 Å². The Hall–Kier alpha value is -0.160. The second-order valence-electron chi connectivity index (χ2n) is 3.51. The highest BCUT2D eigenvalue weighted by molar-refractivity contribution is 4.64. The molecule has 0 aliphatic carbocycles. The van der Waals surface area contributed by atoms with Crippen molar-refractivity contribution in [3.63, 3.8) is 0 Å². The second kappa shape index (κ2) is 8.17. The maximum Gasteiger partial charge on any atom is 0.0915 e. The minimum absolute atomic E-state index is 0.496. The van der Waals surface area contributed by atoms with Crippen molar-refractivity contribution in [3.05, 3.63) is 0 Å². The van der Waals surface area contributed by atoms with Crippen molar-refractivity contribution in [3.8, 4) is 0 Å². The predicted molar refractivity (Wildman–Crippen MR) is 54.0 cm³/mol. The molecule has 1 heterocycles. The third-order valence-electron chi connectivity index (χ3n) is 2.32. The molecule has 0 amide bonds. The van der Waals surface area contributed by atoms with Crippen LogP contribution in [-0.2, 0) is 14.3 Å². The molecule has 14 heavy (non-hydrogen) atoms. The molecule has 0 spiro atoms. The van der Waals surface area contributed by atoms with Crippen molar-refractivity contribution in [1.29, 1.82) is 0 Å². The lowest BCUT2D eigenvalue weighted by Crippen LogP contribution is -2.20. The van der Waals surface area contributed by atoms with Gasteiger partial charge in [0.1, 0.15) is 0 Å². The summed E-state index contributed by atoms with van der Waals surface area (Å²) in [4.78, 5) is 5.12. The molecule has 0 aromatic rings. The molecule has 1 aliphatic heterocycles. The molecule has 1 aliphatic rings. The number of hydroxylamine groups is 1. The van der Waals surface area contributed by atoms with Gasteiger partial charge in [0.2, 0.25) is 0 Å². The van der Waals surface area contributed by atoms with Gasteiger partial charge in [0.15, 0.2) is 0 Å². The number of ether oxygens (including phenoxy) is 2. The summed E-state index contributed by atoms with van der Waals surface area (Å²) in [6, 6.07) is 0. The first-order chi connectivity index (χ1) is 6.93. The third kappa shape index (κ3) is 5.54. The molecule has 0 radical (unpaired) electrons. The second-order valence-corrected chi connectivity index (χ2v) is 3.51. The molecule has 4 heteroatoms. The maximum atomic E-state index is 5.51. The van der Waals surface area contributed by atoms with E-state index in [0.29, 0.717) is 19.3 Å². The summed E-state index contributed by atoms with van der Waals surface area (Å²) in [6.45, 7) is 3.08. The van der Waals surface area contributed by atoms with E-state index in [9.17, 15) is 0 Å². The third-order valence-corrected chi connectivity index (χ3v) is 2.32. The van der Waals surface area contributed by atoms with E-state index in [1.165, 1.54) is 12.8 Å². The zero-order valence-electron chi connectivity index (χ0n) is 8.96. The van der Waals surface area contributed by atoms with Gasteiger partial charge in [0.25, 0.3) is 0 Å². The molecule has 1 saturated heterocycles. The van der Waals surface area contributed by atoms with E-state index in [0.717, 1.165) is 26.0 Å². The Morgan fingerprint density at radius 2 is 2.36 bits per heavy atom. The van der Waals surface area contributed by atoms with Crippen LogP contribution in [0.4, 0.5) is 0 Å². The zero-order chi connectivity index (χ0) is 10.1. The van der Waals surface area contributed by atoms with Gasteiger partial charge in [-0.15, -0.1) is 0 Å². The van der Waals surface area contributed by atoms with Gasteiger partial charge in [-0.3, -0.25) is 4.84 Å². The lowest BCUT2D eigenvalue weighted by Gasteiger charge is -2.09. The molecule has 1 fully saturated rings. The summed E-state index contributed by atoms with van der Waals surface area (Å²) < 4.78 is 10.4. The Morgan fingerprint density at radius 3 is 3.07 bits per heavy atom. The first kappa shape index (κ1) is 11.9. The zero-order valence-corrected chi connectivity index (χ0v) is 8.96. The van der Waals surface area contributed by atoms with Crippen LogP contribution in [0.15, 0.2) is 0 Å². The highest BCUT2D eigenvalue weighted by Gasteiger charge is 2.14. The average Bonchev–Trinajstić information content (AvgIpc) is 2.69. The number of rotatable bonds is 8. The normalized spacial score (nSPS) is 21.6. The molecule has 1 rings (SSSR count). The Morgan fingerprint density at radius 1 is 1.43 bits per heavy atom. The molecule has 0 aromatic carbocycles. The first-order valence-corrected chi connectivity index (χ1v) is 5.38. The Labute approximate surface area is 85.9 Å². The lowest BCUT2D eigenvalue weighted by molar-refractivity contribution is 0.00460. The van der Waals surface area contributed by atoms with Gasteiger partial charge in [0, 0.05) is 20.3 Å². The van der Waals surface area contributed by atoms with E-state index in [-0.39, 0.29) is 0 Å². The van der Waals surface area contributed by atoms with Crippen LogP contribution in [-0.4, -0.2) is 39.6 Å². The SMILES string of the molecule is COCCONCCCC1CCCO1. The fraction of sp³-hybridized carbons (Fsp3) is 1.00. The van der Waals surface area contributed by atoms with Crippen molar-refractivity contribution in [1.82, 2.24) is 5.48 Å². The quantitative estimate of drug-likeness (QED) is 0.474. The molecular formula is C10H21NO3.